The molecule has 0 saturated carbocycles. The maximum absolute atomic E-state index is 13.1. The zero-order chi connectivity index (χ0) is 20.1. The first-order chi connectivity index (χ1) is 13.3. The predicted octanol–water partition coefficient (Wildman–Crippen LogP) is 2.77. The van der Waals surface area contributed by atoms with Crippen molar-refractivity contribution in [3.8, 4) is 17.0 Å². The Morgan fingerprint density at radius 1 is 1.29 bits per heavy atom. The summed E-state index contributed by atoms with van der Waals surface area (Å²) in [5.41, 5.74) is 2.57. The molecule has 2 aliphatic heterocycles. The molecule has 0 bridgehead atoms. The van der Waals surface area contributed by atoms with Crippen molar-refractivity contribution in [1.82, 2.24) is 9.47 Å². The van der Waals surface area contributed by atoms with Crippen LogP contribution in [-0.4, -0.2) is 58.5 Å². The minimum absolute atomic E-state index is 0.0222. The molecule has 2 saturated heterocycles. The van der Waals surface area contributed by atoms with Crippen LogP contribution in [0.2, 0.25) is 0 Å². The second kappa shape index (κ2) is 6.64. The number of nitrogens with zero attached hydrogens (tertiary/aromatic N) is 2. The lowest BCUT2D eigenvalue weighted by atomic mass is 9.83. The number of likely N-dealkylation sites (tertiary alicyclic amines) is 1. The number of aliphatic hydroxyl groups is 1. The van der Waals surface area contributed by atoms with Crippen LogP contribution in [0.1, 0.15) is 35.8 Å². The summed E-state index contributed by atoms with van der Waals surface area (Å²) in [7, 11) is 3.62. The van der Waals surface area contributed by atoms with Crippen molar-refractivity contribution >= 4 is 5.91 Å². The number of rotatable bonds is 4. The summed E-state index contributed by atoms with van der Waals surface area (Å²) in [5, 5.41) is 10.4. The summed E-state index contributed by atoms with van der Waals surface area (Å²) in [6, 6.07) is 9.80. The van der Waals surface area contributed by atoms with E-state index in [0.717, 1.165) is 22.7 Å². The summed E-state index contributed by atoms with van der Waals surface area (Å²) in [4.78, 5) is 14.9. The average molecular weight is 384 g/mol. The molecule has 28 heavy (non-hydrogen) atoms. The van der Waals surface area contributed by atoms with E-state index < -0.39 is 5.60 Å². The van der Waals surface area contributed by atoms with E-state index in [-0.39, 0.29) is 11.5 Å². The third-order valence-corrected chi connectivity index (χ3v) is 6.35. The molecule has 3 heterocycles. The zero-order valence-corrected chi connectivity index (χ0v) is 17.0. The first kappa shape index (κ1) is 19.0. The number of hydrogen-bond donors (Lipinski definition) is 1. The number of aromatic nitrogens is 1. The molecule has 4 rings (SSSR count). The Kier molecular flexibility index (Phi) is 4.51. The maximum Gasteiger partial charge on any atom is 0.255 e. The van der Waals surface area contributed by atoms with E-state index in [4.69, 9.17) is 9.47 Å². The van der Waals surface area contributed by atoms with E-state index in [9.17, 15) is 9.90 Å². The number of hydrogen-bond acceptors (Lipinski definition) is 4. The molecular weight excluding hydrogens is 356 g/mol. The average Bonchev–Trinajstić information content (AvgIpc) is 3.19. The Morgan fingerprint density at radius 3 is 2.54 bits per heavy atom. The fraction of sp³-hybridized carbons (Fsp3) is 0.500. The summed E-state index contributed by atoms with van der Waals surface area (Å²) in [6.45, 7) is 5.38. The van der Waals surface area contributed by atoms with Gasteiger partial charge in [0.05, 0.1) is 38.0 Å². The van der Waals surface area contributed by atoms with E-state index in [0.29, 0.717) is 38.1 Å². The van der Waals surface area contributed by atoms with Crippen molar-refractivity contribution in [3.63, 3.8) is 0 Å². The SMILES string of the molecule is CCC1(O)COC2(CN(C(=O)c3cc(-c4ccc(OC)cc4)n(C)c3C)C2)C1. The highest BCUT2D eigenvalue weighted by molar-refractivity contribution is 5.97. The molecule has 2 fully saturated rings. The minimum atomic E-state index is -0.751. The van der Waals surface area contributed by atoms with Gasteiger partial charge in [0.1, 0.15) is 11.4 Å². The van der Waals surface area contributed by atoms with E-state index >= 15 is 0 Å². The molecule has 1 aromatic heterocycles. The standard InChI is InChI=1S/C22H28N2O4/c1-5-21(26)11-22(28-14-21)12-24(13-22)20(25)18-10-19(23(3)15(18)2)16-6-8-17(27-4)9-7-16/h6-10,26H,5,11-14H2,1-4H3. The topological polar surface area (TPSA) is 63.9 Å². The number of methoxy groups -OCH3 is 1. The highest BCUT2D eigenvalue weighted by atomic mass is 16.5. The van der Waals surface area contributed by atoms with Crippen molar-refractivity contribution in [2.75, 3.05) is 26.8 Å². The zero-order valence-electron chi connectivity index (χ0n) is 17.0. The summed E-state index contributed by atoms with van der Waals surface area (Å²) < 4.78 is 13.2. The van der Waals surface area contributed by atoms with Crippen molar-refractivity contribution in [3.05, 3.63) is 41.6 Å². The van der Waals surface area contributed by atoms with Gasteiger partial charge < -0.3 is 24.0 Å². The molecule has 1 aromatic carbocycles. The normalized spacial score (nSPS) is 23.1. The van der Waals surface area contributed by atoms with Crippen molar-refractivity contribution in [1.29, 1.82) is 0 Å². The van der Waals surface area contributed by atoms with Crippen molar-refractivity contribution in [2.24, 2.45) is 7.05 Å². The van der Waals surface area contributed by atoms with Gasteiger partial charge in [-0.25, -0.2) is 0 Å². The molecule has 0 aliphatic carbocycles. The van der Waals surface area contributed by atoms with Gasteiger partial charge in [-0.15, -0.1) is 0 Å². The molecule has 2 aliphatic rings. The first-order valence-electron chi connectivity index (χ1n) is 9.76. The van der Waals surface area contributed by atoms with Gasteiger partial charge in [-0.2, -0.15) is 0 Å². The van der Waals surface area contributed by atoms with Crippen LogP contribution in [0.15, 0.2) is 30.3 Å². The quantitative estimate of drug-likeness (QED) is 0.880. The number of amides is 1. The predicted molar refractivity (Wildman–Crippen MR) is 107 cm³/mol. The Morgan fingerprint density at radius 2 is 1.96 bits per heavy atom. The highest BCUT2D eigenvalue weighted by Crippen LogP contribution is 2.42. The molecule has 1 unspecified atom stereocenters. The fourth-order valence-corrected chi connectivity index (χ4v) is 4.34. The molecule has 0 radical (unpaired) electrons. The van der Waals surface area contributed by atoms with Crippen LogP contribution in [0.4, 0.5) is 0 Å². The Hall–Kier alpha value is -2.31. The van der Waals surface area contributed by atoms with E-state index in [2.05, 4.69) is 0 Å². The number of ether oxygens (including phenoxy) is 2. The summed E-state index contributed by atoms with van der Waals surface area (Å²) >= 11 is 0. The van der Waals surface area contributed by atoms with Gasteiger partial charge in [0.25, 0.3) is 5.91 Å². The number of carbonyl (C=O) groups is 1. The molecule has 1 amide bonds. The van der Waals surface area contributed by atoms with Gasteiger partial charge in [-0.1, -0.05) is 6.92 Å². The van der Waals surface area contributed by atoms with Crippen molar-refractivity contribution < 1.29 is 19.4 Å². The van der Waals surface area contributed by atoms with Gasteiger partial charge in [0.15, 0.2) is 0 Å². The van der Waals surface area contributed by atoms with Crippen molar-refractivity contribution in [2.45, 2.75) is 37.9 Å². The molecule has 6 nitrogen and oxygen atoms in total. The third-order valence-electron chi connectivity index (χ3n) is 6.35. The van der Waals surface area contributed by atoms with E-state index in [1.807, 2.05) is 60.7 Å². The van der Waals surface area contributed by atoms with Gasteiger partial charge in [-0.3, -0.25) is 4.79 Å². The van der Waals surface area contributed by atoms with E-state index in [1.54, 1.807) is 7.11 Å². The Bertz CT molecular complexity index is 896. The summed E-state index contributed by atoms with van der Waals surface area (Å²) in [6.07, 6.45) is 1.27. The van der Waals surface area contributed by atoms with Crippen LogP contribution < -0.4 is 4.74 Å². The lowest BCUT2D eigenvalue weighted by Crippen LogP contribution is -2.63. The van der Waals surface area contributed by atoms with E-state index in [1.165, 1.54) is 0 Å². The molecule has 1 N–H and O–H groups in total. The lowest BCUT2D eigenvalue weighted by molar-refractivity contribution is -0.0956. The van der Waals surface area contributed by atoms with Crippen LogP contribution in [-0.2, 0) is 11.8 Å². The lowest BCUT2D eigenvalue weighted by Gasteiger charge is -2.47. The molecule has 1 atom stereocenters. The Labute approximate surface area is 165 Å². The maximum atomic E-state index is 13.1. The monoisotopic (exact) mass is 384 g/mol. The third kappa shape index (κ3) is 3.01. The Balaban J connectivity index is 1.52. The largest absolute Gasteiger partial charge is 0.497 e. The van der Waals surface area contributed by atoms with Gasteiger partial charge in [-0.05, 0) is 49.2 Å². The second-order valence-corrected chi connectivity index (χ2v) is 8.20. The highest BCUT2D eigenvalue weighted by Gasteiger charge is 2.55. The van der Waals surface area contributed by atoms with Gasteiger partial charge >= 0.3 is 0 Å². The molecule has 2 aromatic rings. The van der Waals surface area contributed by atoms with Gasteiger partial charge in [0, 0.05) is 24.9 Å². The van der Waals surface area contributed by atoms with Crippen LogP contribution in [0.3, 0.4) is 0 Å². The van der Waals surface area contributed by atoms with Crippen LogP contribution >= 0.6 is 0 Å². The fourth-order valence-electron chi connectivity index (χ4n) is 4.34. The van der Waals surface area contributed by atoms with Crippen LogP contribution in [0, 0.1) is 6.92 Å². The second-order valence-electron chi connectivity index (χ2n) is 8.20. The molecule has 1 spiro atoms. The van der Waals surface area contributed by atoms with Crippen LogP contribution in [0.25, 0.3) is 11.3 Å². The number of carbonyl (C=O) groups excluding carboxylic acids is 1. The molecular formula is C22H28N2O4. The smallest absolute Gasteiger partial charge is 0.255 e. The molecule has 6 heteroatoms. The number of benzene rings is 1. The first-order valence-corrected chi connectivity index (χ1v) is 9.76. The van der Waals surface area contributed by atoms with Gasteiger partial charge in [0.2, 0.25) is 0 Å². The van der Waals surface area contributed by atoms with Crippen LogP contribution in [0.5, 0.6) is 5.75 Å². The molecule has 150 valence electrons. The minimum Gasteiger partial charge on any atom is -0.497 e. The summed E-state index contributed by atoms with van der Waals surface area (Å²) in [5.74, 6) is 0.828.